The van der Waals surface area contributed by atoms with Crippen LogP contribution in [-0.2, 0) is 38.6 Å². The maximum absolute atomic E-state index is 12.4. The standard InChI is InChI=1S/C26H30N2O7/c1-26(2,3)35-23(29)15-28-14-18(20-13-19(33-4)10-11-22(20)28)12-21(24(30)31)27-25(32)34-16-17-8-6-5-7-9-17/h5-11,13-14,21H,12,15-16H2,1-4H3,(H,27,32)(H,30,31). The molecule has 0 spiro atoms. The number of carbonyl (C=O) groups excluding carboxylic acids is 2. The van der Waals surface area contributed by atoms with Crippen LogP contribution < -0.4 is 10.1 Å². The Kier molecular flexibility index (Phi) is 8.01. The number of esters is 1. The zero-order chi connectivity index (χ0) is 25.6. The van der Waals surface area contributed by atoms with Gasteiger partial charge in [0.1, 0.15) is 30.5 Å². The van der Waals surface area contributed by atoms with E-state index in [2.05, 4.69) is 5.32 Å². The Hall–Kier alpha value is -4.01. The first-order valence-corrected chi connectivity index (χ1v) is 11.1. The van der Waals surface area contributed by atoms with Crippen molar-refractivity contribution in [1.82, 2.24) is 9.88 Å². The van der Waals surface area contributed by atoms with Crippen molar-refractivity contribution in [3.05, 3.63) is 65.9 Å². The third kappa shape index (κ3) is 7.23. The molecular formula is C26H30N2O7. The van der Waals surface area contributed by atoms with Crippen LogP contribution in [0, 0.1) is 0 Å². The topological polar surface area (TPSA) is 116 Å². The van der Waals surface area contributed by atoms with Gasteiger partial charge in [0.05, 0.1) is 7.11 Å². The fourth-order valence-electron chi connectivity index (χ4n) is 3.61. The average molecular weight is 483 g/mol. The minimum atomic E-state index is -1.25. The number of rotatable bonds is 9. The molecule has 2 N–H and O–H groups in total. The Morgan fingerprint density at radius 1 is 1.09 bits per heavy atom. The lowest BCUT2D eigenvalue weighted by atomic mass is 10.0. The molecule has 3 aromatic rings. The molecule has 1 heterocycles. The van der Waals surface area contributed by atoms with E-state index in [-0.39, 0.29) is 19.6 Å². The van der Waals surface area contributed by atoms with Crippen LogP contribution in [0.5, 0.6) is 5.75 Å². The van der Waals surface area contributed by atoms with Gasteiger partial charge >= 0.3 is 18.0 Å². The van der Waals surface area contributed by atoms with Gasteiger partial charge in [-0.05, 0) is 50.1 Å². The second-order valence-electron chi connectivity index (χ2n) is 9.05. The summed E-state index contributed by atoms with van der Waals surface area (Å²) in [5.74, 6) is -1.05. The molecule has 0 saturated carbocycles. The number of aliphatic carboxylic acids is 1. The number of hydrogen-bond acceptors (Lipinski definition) is 6. The largest absolute Gasteiger partial charge is 0.497 e. The molecule has 0 aliphatic rings. The van der Waals surface area contributed by atoms with Gasteiger partial charge in [0.25, 0.3) is 0 Å². The molecule has 186 valence electrons. The first-order chi connectivity index (χ1) is 16.6. The van der Waals surface area contributed by atoms with Crippen molar-refractivity contribution in [3.8, 4) is 5.75 Å². The second kappa shape index (κ2) is 10.9. The molecule has 9 nitrogen and oxygen atoms in total. The summed E-state index contributed by atoms with van der Waals surface area (Å²) in [6.45, 7) is 5.33. The van der Waals surface area contributed by atoms with Crippen LogP contribution >= 0.6 is 0 Å². The molecule has 0 aliphatic heterocycles. The predicted octanol–water partition coefficient (Wildman–Crippen LogP) is 3.91. The normalized spacial score (nSPS) is 12.1. The maximum Gasteiger partial charge on any atom is 0.408 e. The van der Waals surface area contributed by atoms with Gasteiger partial charge in [-0.15, -0.1) is 0 Å². The van der Waals surface area contributed by atoms with Crippen LogP contribution in [0.2, 0.25) is 0 Å². The van der Waals surface area contributed by atoms with Crippen molar-refractivity contribution in [3.63, 3.8) is 0 Å². The smallest absolute Gasteiger partial charge is 0.408 e. The molecule has 0 bridgehead atoms. The van der Waals surface area contributed by atoms with Gasteiger partial charge < -0.3 is 29.2 Å². The molecule has 1 amide bonds. The predicted molar refractivity (Wildman–Crippen MR) is 129 cm³/mol. The number of aromatic nitrogens is 1. The number of benzene rings is 2. The molecule has 0 fully saturated rings. The molecule has 0 saturated heterocycles. The summed E-state index contributed by atoms with van der Waals surface area (Å²) in [7, 11) is 1.53. The Morgan fingerprint density at radius 3 is 2.43 bits per heavy atom. The van der Waals surface area contributed by atoms with E-state index in [1.54, 1.807) is 61.9 Å². The number of carboxylic acids is 1. The highest BCUT2D eigenvalue weighted by Crippen LogP contribution is 2.27. The van der Waals surface area contributed by atoms with Crippen LogP contribution in [0.4, 0.5) is 4.79 Å². The van der Waals surface area contributed by atoms with Crippen LogP contribution in [0.1, 0.15) is 31.9 Å². The molecule has 9 heteroatoms. The van der Waals surface area contributed by atoms with Gasteiger partial charge in [-0.25, -0.2) is 9.59 Å². The van der Waals surface area contributed by atoms with E-state index in [0.29, 0.717) is 22.2 Å². The van der Waals surface area contributed by atoms with E-state index in [9.17, 15) is 19.5 Å². The maximum atomic E-state index is 12.4. The van der Waals surface area contributed by atoms with Crippen molar-refractivity contribution in [2.24, 2.45) is 0 Å². The third-order valence-corrected chi connectivity index (χ3v) is 5.12. The number of nitrogens with zero attached hydrogens (tertiary/aromatic N) is 1. The van der Waals surface area contributed by atoms with Gasteiger partial charge in [-0.3, -0.25) is 4.79 Å². The minimum Gasteiger partial charge on any atom is -0.497 e. The zero-order valence-electron chi connectivity index (χ0n) is 20.2. The van der Waals surface area contributed by atoms with Crippen LogP contribution in [0.15, 0.2) is 54.7 Å². The summed E-state index contributed by atoms with van der Waals surface area (Å²) in [6.07, 6.45) is 0.832. The van der Waals surface area contributed by atoms with Crippen molar-refractivity contribution < 1.29 is 33.7 Å². The molecule has 3 rings (SSSR count). The van der Waals surface area contributed by atoms with Gasteiger partial charge in [-0.1, -0.05) is 30.3 Å². The van der Waals surface area contributed by atoms with Crippen molar-refractivity contribution in [2.75, 3.05) is 7.11 Å². The highest BCUT2D eigenvalue weighted by atomic mass is 16.6. The van der Waals surface area contributed by atoms with Gasteiger partial charge in [-0.2, -0.15) is 0 Å². The third-order valence-electron chi connectivity index (χ3n) is 5.12. The van der Waals surface area contributed by atoms with Crippen molar-refractivity contribution in [2.45, 2.75) is 52.0 Å². The number of alkyl carbamates (subject to hydrolysis) is 1. The molecule has 0 aliphatic carbocycles. The van der Waals surface area contributed by atoms with Crippen LogP contribution in [0.25, 0.3) is 10.9 Å². The van der Waals surface area contributed by atoms with E-state index >= 15 is 0 Å². The number of ether oxygens (including phenoxy) is 3. The SMILES string of the molecule is COc1ccc2c(c1)c(CC(NC(=O)OCc1ccccc1)C(=O)O)cn2CC(=O)OC(C)(C)C. The van der Waals surface area contributed by atoms with E-state index in [1.807, 2.05) is 18.2 Å². The fraction of sp³-hybridized carbons (Fsp3) is 0.346. The fourth-order valence-corrected chi connectivity index (χ4v) is 3.61. The summed E-state index contributed by atoms with van der Waals surface area (Å²) < 4.78 is 17.6. The molecule has 1 atom stereocenters. The number of fused-ring (bicyclic) bond motifs is 1. The van der Waals surface area contributed by atoms with Gasteiger partial charge in [0.15, 0.2) is 0 Å². The molecule has 1 aromatic heterocycles. The number of methoxy groups -OCH3 is 1. The van der Waals surface area contributed by atoms with E-state index < -0.39 is 29.7 Å². The molecule has 0 radical (unpaired) electrons. The van der Waals surface area contributed by atoms with Gasteiger partial charge in [0, 0.05) is 23.5 Å². The Morgan fingerprint density at radius 2 is 1.80 bits per heavy atom. The molecule has 35 heavy (non-hydrogen) atoms. The summed E-state index contributed by atoms with van der Waals surface area (Å²) >= 11 is 0. The molecule has 2 aromatic carbocycles. The Labute approximate surface area is 203 Å². The lowest BCUT2D eigenvalue weighted by Gasteiger charge is -2.19. The number of carboxylic acid groups (broad SMARTS) is 1. The summed E-state index contributed by atoms with van der Waals surface area (Å²) in [6, 6.07) is 13.1. The zero-order valence-corrected chi connectivity index (χ0v) is 20.2. The minimum absolute atomic E-state index is 0.0193. The Balaban J connectivity index is 1.80. The van der Waals surface area contributed by atoms with Gasteiger partial charge in [0.2, 0.25) is 0 Å². The highest BCUT2D eigenvalue weighted by molar-refractivity contribution is 5.88. The monoisotopic (exact) mass is 482 g/mol. The van der Waals surface area contributed by atoms with Crippen molar-refractivity contribution >= 4 is 28.9 Å². The second-order valence-corrected chi connectivity index (χ2v) is 9.05. The summed E-state index contributed by atoms with van der Waals surface area (Å²) in [4.78, 5) is 36.7. The average Bonchev–Trinajstić information content (AvgIpc) is 3.12. The van der Waals surface area contributed by atoms with Crippen molar-refractivity contribution in [1.29, 1.82) is 0 Å². The highest BCUT2D eigenvalue weighted by Gasteiger charge is 2.24. The van der Waals surface area contributed by atoms with Crippen LogP contribution in [-0.4, -0.2) is 46.5 Å². The number of amides is 1. The van der Waals surface area contributed by atoms with Crippen LogP contribution in [0.3, 0.4) is 0 Å². The number of hydrogen-bond donors (Lipinski definition) is 2. The summed E-state index contributed by atoms with van der Waals surface area (Å²) in [5.41, 5.74) is 1.48. The lowest BCUT2D eigenvalue weighted by molar-refractivity contribution is -0.155. The quantitative estimate of drug-likeness (QED) is 0.444. The summed E-state index contributed by atoms with van der Waals surface area (Å²) in [5, 5.41) is 12.9. The first kappa shape index (κ1) is 25.6. The molecular weight excluding hydrogens is 452 g/mol. The first-order valence-electron chi connectivity index (χ1n) is 11.1. The van der Waals surface area contributed by atoms with E-state index in [1.165, 1.54) is 7.11 Å². The molecule has 1 unspecified atom stereocenters. The number of carbonyl (C=O) groups is 3. The lowest BCUT2D eigenvalue weighted by Crippen LogP contribution is -2.42. The number of nitrogens with one attached hydrogen (secondary N) is 1. The van der Waals surface area contributed by atoms with E-state index in [0.717, 1.165) is 5.56 Å². The van der Waals surface area contributed by atoms with E-state index in [4.69, 9.17) is 14.2 Å². The Bertz CT molecular complexity index is 1200.